The van der Waals surface area contributed by atoms with Crippen LogP contribution in [0.2, 0.25) is 0 Å². The molecule has 1 aliphatic heterocycles. The largest absolute Gasteiger partial charge is 0.515 e. The fourth-order valence-corrected chi connectivity index (χ4v) is 2.93. The molecule has 1 rings (SSSR count). The van der Waals surface area contributed by atoms with Crippen molar-refractivity contribution in [1.82, 2.24) is 16.0 Å². The second-order valence-electron chi connectivity index (χ2n) is 10.8. The molecule has 0 unspecified atom stereocenters. The van der Waals surface area contributed by atoms with Gasteiger partial charge in [-0.3, -0.25) is 4.79 Å². The van der Waals surface area contributed by atoms with Crippen molar-refractivity contribution in [3.63, 3.8) is 0 Å². The van der Waals surface area contributed by atoms with Gasteiger partial charge in [0.25, 0.3) is 0 Å². The topological polar surface area (TPSA) is 231 Å². The van der Waals surface area contributed by atoms with Gasteiger partial charge in [-0.05, 0) is 137 Å². The van der Waals surface area contributed by atoms with Crippen molar-refractivity contribution >= 4 is 106 Å². The number of ether oxygens (including phenoxy) is 5. The number of carbonyl (C=O) groups excluding carboxylic acids is 5. The van der Waals surface area contributed by atoms with E-state index in [9.17, 15) is 28.8 Å². The molecule has 1 aliphatic rings. The quantitative estimate of drug-likeness (QED) is 0.0647. The third-order valence-electron chi connectivity index (χ3n) is 4.18. The van der Waals surface area contributed by atoms with Crippen LogP contribution in [0, 0.1) is 0 Å². The van der Waals surface area contributed by atoms with E-state index in [1.54, 1.807) is 41.5 Å². The molecule has 6 N–H and O–H groups in total. The summed E-state index contributed by atoms with van der Waals surface area (Å²) in [5.41, 5.74) is 4.23. The number of halogens is 6. The molecule has 0 spiro atoms. The van der Waals surface area contributed by atoms with E-state index in [2.05, 4.69) is 30.2 Å². The average Bonchev–Trinajstić information content (AvgIpc) is 3.12. The van der Waals surface area contributed by atoms with Crippen LogP contribution in [0.15, 0.2) is 0 Å². The van der Waals surface area contributed by atoms with Crippen LogP contribution >= 0.6 is 69.6 Å². The Kier molecular flexibility index (Phi) is 21.0. The number of hydrogen-bond acceptors (Lipinski definition) is 12. The summed E-state index contributed by atoms with van der Waals surface area (Å²) < 4.78 is 17.9. The number of alkyl carbamates (subject to hydrolysis) is 3. The van der Waals surface area contributed by atoms with Crippen molar-refractivity contribution in [3.05, 3.63) is 0 Å². The zero-order chi connectivity index (χ0) is 36.5. The number of carbonyl (C=O) groups is 6. The standard InChI is InChI=1S/C11H18N2O5.C10H20N2O4.C3Cl6O3/c1-11(2,3)18-9(15)12-6-4-5-7-8(14)17-10(16)13-7;1-10(2,3)16-9(15)12-6-4-5-7(11)8(13)14;4-2(5,6)11-1(10)12-3(7,8)9/h7H,4-6H2,1-3H3,(H,12,15)(H,13,16);7H,4-6,11H2,1-3H3,(H,12,15)(H,13,14);/t2*7-;/m00./s1. The minimum atomic E-state index is -2.24. The number of carboxylic acids is 1. The SMILES string of the molecule is CC(C)(C)OC(=O)NCCC[C@@H]1NC(=O)OC1=O.CC(C)(C)OC(=O)NCCC[C@H](N)C(=O)O.O=C(OC(Cl)(Cl)Cl)OC(Cl)(Cl)Cl. The molecule has 0 aromatic rings. The van der Waals surface area contributed by atoms with Gasteiger partial charge in [-0.1, -0.05) is 0 Å². The molecule has 1 heterocycles. The highest BCUT2D eigenvalue weighted by molar-refractivity contribution is 6.67. The van der Waals surface area contributed by atoms with Crippen molar-refractivity contribution in [2.75, 3.05) is 13.1 Å². The molecule has 2 atom stereocenters. The Morgan fingerprint density at radius 1 is 0.826 bits per heavy atom. The van der Waals surface area contributed by atoms with Crippen LogP contribution in [-0.2, 0) is 33.3 Å². The second kappa shape index (κ2) is 21.0. The zero-order valence-electron chi connectivity index (χ0n) is 25.7. The molecule has 0 aromatic carbocycles. The van der Waals surface area contributed by atoms with Crippen LogP contribution in [0.1, 0.15) is 67.2 Å². The van der Waals surface area contributed by atoms with Crippen LogP contribution in [-0.4, -0.2) is 85.8 Å². The van der Waals surface area contributed by atoms with Crippen LogP contribution in [0.5, 0.6) is 0 Å². The Balaban J connectivity index is 0. The highest BCUT2D eigenvalue weighted by Crippen LogP contribution is 2.32. The highest BCUT2D eigenvalue weighted by atomic mass is 35.6. The van der Waals surface area contributed by atoms with Gasteiger partial charge < -0.3 is 50.5 Å². The molecule has 46 heavy (non-hydrogen) atoms. The number of aliphatic carboxylic acids is 1. The number of nitrogens with two attached hydrogens (primary N) is 1. The fraction of sp³-hybridized carbons (Fsp3) is 0.750. The number of cyclic esters (lactones) is 2. The first-order valence-corrected chi connectivity index (χ1v) is 15.4. The first kappa shape index (κ1) is 46.0. The molecular formula is C24H38Cl6N4O12. The van der Waals surface area contributed by atoms with Gasteiger partial charge in [-0.2, -0.15) is 0 Å². The maximum absolute atomic E-state index is 11.3. The molecule has 1 saturated heterocycles. The summed E-state index contributed by atoms with van der Waals surface area (Å²) in [4.78, 5) is 65.1. The van der Waals surface area contributed by atoms with Crippen molar-refractivity contribution < 1.29 is 57.6 Å². The summed E-state index contributed by atoms with van der Waals surface area (Å²) in [5, 5.41) is 16.0. The van der Waals surface area contributed by atoms with Crippen LogP contribution in [0.4, 0.5) is 19.2 Å². The van der Waals surface area contributed by atoms with E-state index in [4.69, 9.17) is 89.9 Å². The molecule has 0 aromatic heterocycles. The van der Waals surface area contributed by atoms with Crippen molar-refractivity contribution in [3.8, 4) is 0 Å². The summed E-state index contributed by atoms with van der Waals surface area (Å²) in [7, 11) is 0. The zero-order valence-corrected chi connectivity index (χ0v) is 30.2. The number of esters is 1. The Labute approximate surface area is 295 Å². The number of carboxylic acid groups (broad SMARTS) is 1. The summed E-state index contributed by atoms with van der Waals surface area (Å²) in [6, 6.07) is -1.49. The van der Waals surface area contributed by atoms with E-state index >= 15 is 0 Å². The maximum Gasteiger partial charge on any atom is 0.515 e. The third kappa shape index (κ3) is 30.6. The summed E-state index contributed by atoms with van der Waals surface area (Å²) >= 11 is 30.2. The van der Waals surface area contributed by atoms with E-state index in [1.165, 1.54) is 0 Å². The van der Waals surface area contributed by atoms with Gasteiger partial charge >= 0.3 is 44.3 Å². The number of hydrogen-bond donors (Lipinski definition) is 5. The lowest BCUT2D eigenvalue weighted by Gasteiger charge is -2.19. The van der Waals surface area contributed by atoms with Gasteiger partial charge in [0.2, 0.25) is 0 Å². The Morgan fingerprint density at radius 3 is 1.57 bits per heavy atom. The smallest absolute Gasteiger partial charge is 0.480 e. The molecule has 0 bridgehead atoms. The van der Waals surface area contributed by atoms with Gasteiger partial charge in [0.05, 0.1) is 0 Å². The Morgan fingerprint density at radius 2 is 1.24 bits per heavy atom. The monoisotopic (exact) mass is 784 g/mol. The number of amides is 3. The Bertz CT molecular complexity index is 1010. The fourth-order valence-electron chi connectivity index (χ4n) is 2.55. The minimum Gasteiger partial charge on any atom is -0.480 e. The molecule has 0 radical (unpaired) electrons. The molecule has 0 saturated carbocycles. The van der Waals surface area contributed by atoms with Gasteiger partial charge in [-0.15, -0.1) is 0 Å². The van der Waals surface area contributed by atoms with E-state index in [1.807, 2.05) is 0 Å². The number of nitrogens with one attached hydrogen (secondary N) is 3. The first-order valence-electron chi connectivity index (χ1n) is 13.1. The second-order valence-corrected chi connectivity index (χ2v) is 15.2. The van der Waals surface area contributed by atoms with Crippen LogP contribution in [0.25, 0.3) is 0 Å². The lowest BCUT2D eigenvalue weighted by atomic mass is 10.1. The Hall–Kier alpha value is -2.08. The van der Waals surface area contributed by atoms with Crippen molar-refractivity contribution in [2.24, 2.45) is 5.73 Å². The predicted octanol–water partition coefficient (Wildman–Crippen LogP) is 5.42. The molecule has 16 nitrogen and oxygen atoms in total. The number of rotatable bonds is 9. The van der Waals surface area contributed by atoms with Crippen LogP contribution in [0.3, 0.4) is 0 Å². The lowest BCUT2D eigenvalue weighted by Crippen LogP contribution is -2.34. The summed E-state index contributed by atoms with van der Waals surface area (Å²) in [5.74, 6) is -1.60. The van der Waals surface area contributed by atoms with Crippen molar-refractivity contribution in [1.29, 1.82) is 0 Å². The van der Waals surface area contributed by atoms with E-state index in [0.29, 0.717) is 38.8 Å². The summed E-state index contributed by atoms with van der Waals surface area (Å²) in [6.07, 6.45) is -1.34. The van der Waals surface area contributed by atoms with Gasteiger partial charge in [0.15, 0.2) is 0 Å². The van der Waals surface area contributed by atoms with E-state index in [0.717, 1.165) is 0 Å². The molecular weight excluding hydrogens is 749 g/mol. The van der Waals surface area contributed by atoms with Gasteiger partial charge in [-0.25, -0.2) is 24.0 Å². The number of alkyl halides is 6. The maximum atomic E-state index is 11.3. The molecule has 268 valence electrons. The van der Waals surface area contributed by atoms with Gasteiger partial charge in [0.1, 0.15) is 23.3 Å². The van der Waals surface area contributed by atoms with E-state index < -0.39 is 67.6 Å². The first-order chi connectivity index (χ1) is 20.6. The highest BCUT2D eigenvalue weighted by Gasteiger charge is 2.33. The predicted molar refractivity (Wildman–Crippen MR) is 169 cm³/mol. The minimum absolute atomic E-state index is 0.325. The normalized spacial score (nSPS) is 15.3. The van der Waals surface area contributed by atoms with Gasteiger partial charge in [0, 0.05) is 13.1 Å². The molecule has 3 amide bonds. The summed E-state index contributed by atoms with van der Waals surface area (Å²) in [6.45, 7) is 11.4. The lowest BCUT2D eigenvalue weighted by molar-refractivity contribution is -0.138. The molecule has 22 heteroatoms. The van der Waals surface area contributed by atoms with Crippen molar-refractivity contribution in [2.45, 2.75) is 98.5 Å². The molecule has 0 aliphatic carbocycles. The average molecular weight is 787 g/mol. The molecule has 1 fully saturated rings. The van der Waals surface area contributed by atoms with Crippen LogP contribution < -0.4 is 21.7 Å². The van der Waals surface area contributed by atoms with E-state index in [-0.39, 0.29) is 0 Å². The third-order valence-corrected chi connectivity index (χ3v) is 4.65.